The first-order valence-corrected chi connectivity index (χ1v) is 7.54. The molecular formula is C18H16N4O. The predicted octanol–water partition coefficient (Wildman–Crippen LogP) is 2.79. The summed E-state index contributed by atoms with van der Waals surface area (Å²) in [5, 5.41) is 19.4. The minimum absolute atomic E-state index is 0.107. The van der Waals surface area contributed by atoms with E-state index in [-0.39, 0.29) is 5.92 Å². The average Bonchev–Trinajstić information content (AvgIpc) is 3.04. The Morgan fingerprint density at radius 1 is 1.09 bits per heavy atom. The third-order valence-corrected chi connectivity index (χ3v) is 4.18. The molecule has 0 aliphatic carbocycles. The van der Waals surface area contributed by atoms with Crippen molar-refractivity contribution in [1.82, 2.24) is 19.6 Å². The summed E-state index contributed by atoms with van der Waals surface area (Å²) in [6.45, 7) is 1.81. The molecule has 0 amide bonds. The molecule has 1 aromatic carbocycles. The summed E-state index contributed by atoms with van der Waals surface area (Å²) in [5.74, 6) is -0.107. The van der Waals surface area contributed by atoms with Crippen molar-refractivity contribution in [3.8, 4) is 0 Å². The highest BCUT2D eigenvalue weighted by atomic mass is 16.3. The van der Waals surface area contributed by atoms with Crippen molar-refractivity contribution in [2.75, 3.05) is 0 Å². The fraction of sp³-hybridized carbons (Fsp3) is 0.167. The van der Waals surface area contributed by atoms with Crippen LogP contribution in [-0.2, 0) is 0 Å². The van der Waals surface area contributed by atoms with Gasteiger partial charge in [0.1, 0.15) is 6.33 Å². The summed E-state index contributed by atoms with van der Waals surface area (Å²) in [6.07, 6.45) is 4.76. The number of aromatic nitrogens is 4. The molecule has 0 aliphatic heterocycles. The van der Waals surface area contributed by atoms with E-state index in [1.807, 2.05) is 53.9 Å². The van der Waals surface area contributed by atoms with E-state index in [1.165, 1.54) is 0 Å². The average molecular weight is 304 g/mol. The van der Waals surface area contributed by atoms with Crippen LogP contribution in [0.4, 0.5) is 0 Å². The number of hydrogen-bond donors (Lipinski definition) is 1. The van der Waals surface area contributed by atoms with Crippen LogP contribution >= 0.6 is 0 Å². The van der Waals surface area contributed by atoms with Gasteiger partial charge < -0.3 is 5.11 Å². The van der Waals surface area contributed by atoms with Crippen molar-refractivity contribution in [2.45, 2.75) is 18.9 Å². The van der Waals surface area contributed by atoms with Crippen molar-refractivity contribution in [3.05, 3.63) is 72.3 Å². The molecule has 4 aromatic rings. The van der Waals surface area contributed by atoms with E-state index in [4.69, 9.17) is 0 Å². The number of rotatable bonds is 3. The summed E-state index contributed by atoms with van der Waals surface area (Å²) in [4.78, 5) is 4.18. The van der Waals surface area contributed by atoms with E-state index in [0.717, 1.165) is 27.7 Å². The molecule has 4 rings (SSSR count). The minimum atomic E-state index is -0.504. The molecule has 3 aromatic heterocycles. The Bertz CT molecular complexity index is 963. The standard InChI is InChI=1S/C18H16N4O/c1-12(23)18(15-3-2-8-19-10-15)14-4-6-16-13(9-14)5-7-17-21-20-11-22(16)17/h2-12,18,23H,1H3. The Kier molecular flexibility index (Phi) is 3.28. The molecule has 2 atom stereocenters. The van der Waals surface area contributed by atoms with Crippen LogP contribution in [0.1, 0.15) is 24.0 Å². The summed E-state index contributed by atoms with van der Waals surface area (Å²) in [7, 11) is 0. The Balaban J connectivity index is 1.88. The van der Waals surface area contributed by atoms with Crippen LogP contribution in [0.3, 0.4) is 0 Å². The van der Waals surface area contributed by atoms with Gasteiger partial charge in [-0.3, -0.25) is 9.38 Å². The zero-order chi connectivity index (χ0) is 15.8. The molecule has 0 saturated heterocycles. The third kappa shape index (κ3) is 2.35. The van der Waals surface area contributed by atoms with Crippen LogP contribution in [0, 0.1) is 0 Å². The molecule has 0 aliphatic rings. The maximum atomic E-state index is 10.3. The summed E-state index contributed by atoms with van der Waals surface area (Å²) >= 11 is 0. The van der Waals surface area contributed by atoms with Gasteiger partial charge in [0.05, 0.1) is 11.6 Å². The number of benzene rings is 1. The lowest BCUT2D eigenvalue weighted by Crippen LogP contribution is -2.16. The molecule has 114 valence electrons. The third-order valence-electron chi connectivity index (χ3n) is 4.18. The number of aliphatic hydroxyl groups excluding tert-OH is 1. The highest BCUT2D eigenvalue weighted by Gasteiger charge is 2.20. The van der Waals surface area contributed by atoms with E-state index in [1.54, 1.807) is 12.5 Å². The quantitative estimate of drug-likeness (QED) is 0.632. The molecule has 0 spiro atoms. The zero-order valence-electron chi connectivity index (χ0n) is 12.7. The monoisotopic (exact) mass is 304 g/mol. The molecule has 3 heterocycles. The lowest BCUT2D eigenvalue weighted by Gasteiger charge is -2.21. The molecule has 5 nitrogen and oxygen atoms in total. The largest absolute Gasteiger partial charge is 0.392 e. The number of nitrogens with zero attached hydrogens (tertiary/aromatic N) is 4. The van der Waals surface area contributed by atoms with E-state index in [2.05, 4.69) is 21.2 Å². The van der Waals surface area contributed by atoms with Crippen LogP contribution in [0.5, 0.6) is 0 Å². The van der Waals surface area contributed by atoms with E-state index in [9.17, 15) is 5.11 Å². The smallest absolute Gasteiger partial charge is 0.161 e. The zero-order valence-corrected chi connectivity index (χ0v) is 12.7. The summed E-state index contributed by atoms with van der Waals surface area (Å²) in [6, 6.07) is 14.1. The van der Waals surface area contributed by atoms with E-state index >= 15 is 0 Å². The topological polar surface area (TPSA) is 63.3 Å². The molecule has 23 heavy (non-hydrogen) atoms. The second-order valence-corrected chi connectivity index (χ2v) is 5.72. The van der Waals surface area contributed by atoms with Gasteiger partial charge in [0.25, 0.3) is 0 Å². The van der Waals surface area contributed by atoms with Crippen molar-refractivity contribution in [1.29, 1.82) is 0 Å². The van der Waals surface area contributed by atoms with Gasteiger partial charge >= 0.3 is 0 Å². The highest BCUT2D eigenvalue weighted by Crippen LogP contribution is 2.30. The Morgan fingerprint density at radius 2 is 2.00 bits per heavy atom. The van der Waals surface area contributed by atoms with Gasteiger partial charge in [-0.1, -0.05) is 12.1 Å². The van der Waals surface area contributed by atoms with Crippen LogP contribution in [0.2, 0.25) is 0 Å². The minimum Gasteiger partial charge on any atom is -0.392 e. The van der Waals surface area contributed by atoms with Gasteiger partial charge in [-0.15, -0.1) is 10.2 Å². The maximum Gasteiger partial charge on any atom is 0.161 e. The van der Waals surface area contributed by atoms with Gasteiger partial charge in [0.15, 0.2) is 5.65 Å². The highest BCUT2D eigenvalue weighted by molar-refractivity contribution is 5.82. The summed E-state index contributed by atoms with van der Waals surface area (Å²) < 4.78 is 1.96. The lowest BCUT2D eigenvalue weighted by atomic mass is 9.87. The molecule has 0 saturated carbocycles. The van der Waals surface area contributed by atoms with Gasteiger partial charge in [0, 0.05) is 18.3 Å². The fourth-order valence-electron chi connectivity index (χ4n) is 3.14. The van der Waals surface area contributed by atoms with Gasteiger partial charge in [-0.25, -0.2) is 0 Å². The van der Waals surface area contributed by atoms with E-state index in [0.29, 0.717) is 0 Å². The maximum absolute atomic E-state index is 10.3. The van der Waals surface area contributed by atoms with Crippen LogP contribution < -0.4 is 0 Å². The van der Waals surface area contributed by atoms with Gasteiger partial charge in [0.2, 0.25) is 0 Å². The lowest BCUT2D eigenvalue weighted by molar-refractivity contribution is 0.176. The number of aliphatic hydroxyl groups is 1. The van der Waals surface area contributed by atoms with Gasteiger partial charge in [-0.05, 0) is 53.8 Å². The first-order valence-electron chi connectivity index (χ1n) is 7.54. The molecule has 0 fully saturated rings. The van der Waals surface area contributed by atoms with Crippen LogP contribution in [0.15, 0.2) is 61.2 Å². The van der Waals surface area contributed by atoms with Crippen LogP contribution in [-0.4, -0.2) is 30.8 Å². The second kappa shape index (κ2) is 5.44. The number of hydrogen-bond acceptors (Lipinski definition) is 4. The fourth-order valence-corrected chi connectivity index (χ4v) is 3.14. The summed E-state index contributed by atoms with van der Waals surface area (Å²) in [5.41, 5.74) is 3.94. The van der Waals surface area contributed by atoms with E-state index < -0.39 is 6.10 Å². The Morgan fingerprint density at radius 3 is 2.78 bits per heavy atom. The molecule has 1 N–H and O–H groups in total. The molecule has 2 unspecified atom stereocenters. The number of fused-ring (bicyclic) bond motifs is 3. The van der Waals surface area contributed by atoms with Crippen molar-refractivity contribution < 1.29 is 5.11 Å². The van der Waals surface area contributed by atoms with Crippen molar-refractivity contribution >= 4 is 16.6 Å². The van der Waals surface area contributed by atoms with Crippen molar-refractivity contribution in [3.63, 3.8) is 0 Å². The number of pyridine rings is 2. The molecular weight excluding hydrogens is 288 g/mol. The second-order valence-electron chi connectivity index (χ2n) is 5.72. The molecule has 0 bridgehead atoms. The molecule has 5 heteroatoms. The molecule has 0 radical (unpaired) electrons. The van der Waals surface area contributed by atoms with Gasteiger partial charge in [-0.2, -0.15) is 0 Å². The predicted molar refractivity (Wildman–Crippen MR) is 88.3 cm³/mol. The van der Waals surface area contributed by atoms with Crippen LogP contribution in [0.25, 0.3) is 16.6 Å². The van der Waals surface area contributed by atoms with Crippen molar-refractivity contribution in [2.24, 2.45) is 0 Å². The normalized spacial score (nSPS) is 14.2. The SMILES string of the molecule is CC(O)C(c1cccnc1)c1ccc2c(ccc3nncn32)c1. The first kappa shape index (κ1) is 13.8. The first-order chi connectivity index (χ1) is 11.2. The Hall–Kier alpha value is -2.79. The Labute approximate surface area is 133 Å².